The van der Waals surface area contributed by atoms with Crippen molar-refractivity contribution in [2.75, 3.05) is 11.9 Å². The molecule has 0 radical (unpaired) electrons. The smallest absolute Gasteiger partial charge is 0.253 e. The van der Waals surface area contributed by atoms with Crippen molar-refractivity contribution in [1.82, 2.24) is 5.32 Å². The van der Waals surface area contributed by atoms with Gasteiger partial charge < -0.3 is 15.4 Å². The SMILES string of the molecule is CCOc1ccc(/C=C/C(=O)Nc2ccccc2C(=O)NC2CC2)cc1. The quantitative estimate of drug-likeness (QED) is 0.749. The standard InChI is InChI=1S/C21H22N2O3/c1-2-26-17-12-7-15(8-13-17)9-14-20(24)23-19-6-4-3-5-18(19)21(25)22-16-10-11-16/h3-9,12-14,16H,2,10-11H2,1H3,(H,22,25)(H,23,24)/b14-9+. The van der Waals surface area contributed by atoms with Gasteiger partial charge in [0.2, 0.25) is 5.91 Å². The van der Waals surface area contributed by atoms with E-state index in [1.165, 1.54) is 6.08 Å². The van der Waals surface area contributed by atoms with Crippen molar-refractivity contribution in [1.29, 1.82) is 0 Å². The van der Waals surface area contributed by atoms with Crippen LogP contribution in [0.15, 0.2) is 54.6 Å². The van der Waals surface area contributed by atoms with Gasteiger partial charge in [0.15, 0.2) is 0 Å². The van der Waals surface area contributed by atoms with Crippen molar-refractivity contribution >= 4 is 23.6 Å². The predicted octanol–water partition coefficient (Wildman–Crippen LogP) is 3.63. The molecule has 1 fully saturated rings. The molecule has 0 aromatic heterocycles. The molecule has 134 valence electrons. The van der Waals surface area contributed by atoms with E-state index in [0.717, 1.165) is 24.2 Å². The van der Waals surface area contributed by atoms with Crippen LogP contribution in [0.25, 0.3) is 6.08 Å². The molecule has 0 atom stereocenters. The van der Waals surface area contributed by atoms with E-state index in [1.54, 1.807) is 30.3 Å². The maximum absolute atomic E-state index is 12.3. The molecule has 1 saturated carbocycles. The minimum atomic E-state index is -0.287. The Morgan fingerprint density at radius 1 is 1.12 bits per heavy atom. The number of hydrogen-bond acceptors (Lipinski definition) is 3. The second-order valence-electron chi connectivity index (χ2n) is 6.12. The molecule has 1 aliphatic carbocycles. The third-order valence-corrected chi connectivity index (χ3v) is 3.96. The highest BCUT2D eigenvalue weighted by Gasteiger charge is 2.24. The van der Waals surface area contributed by atoms with Gasteiger partial charge in [-0.25, -0.2) is 0 Å². The highest BCUT2D eigenvalue weighted by Crippen LogP contribution is 2.21. The van der Waals surface area contributed by atoms with Gasteiger partial charge in [0.25, 0.3) is 5.91 Å². The normalized spacial score (nSPS) is 13.4. The number of rotatable bonds is 7. The second-order valence-corrected chi connectivity index (χ2v) is 6.12. The predicted molar refractivity (Wildman–Crippen MR) is 102 cm³/mol. The van der Waals surface area contributed by atoms with E-state index in [9.17, 15) is 9.59 Å². The Kier molecular flexibility index (Phi) is 5.69. The van der Waals surface area contributed by atoms with Gasteiger partial charge in [0.1, 0.15) is 5.75 Å². The number of ether oxygens (including phenoxy) is 1. The summed E-state index contributed by atoms with van der Waals surface area (Å²) in [7, 11) is 0. The fraction of sp³-hybridized carbons (Fsp3) is 0.238. The van der Waals surface area contributed by atoms with Gasteiger partial charge in [0.05, 0.1) is 17.9 Å². The summed E-state index contributed by atoms with van der Waals surface area (Å²) in [6.45, 7) is 2.55. The number of carbonyl (C=O) groups is 2. The lowest BCUT2D eigenvalue weighted by Crippen LogP contribution is -2.26. The van der Waals surface area contributed by atoms with Crippen LogP contribution in [-0.2, 0) is 4.79 Å². The molecule has 0 spiro atoms. The maximum atomic E-state index is 12.3. The average Bonchev–Trinajstić information content (AvgIpc) is 3.46. The molecule has 0 heterocycles. The first-order valence-corrected chi connectivity index (χ1v) is 8.77. The van der Waals surface area contributed by atoms with Gasteiger partial charge in [0, 0.05) is 12.1 Å². The summed E-state index contributed by atoms with van der Waals surface area (Å²) in [5.41, 5.74) is 1.87. The molecule has 5 nitrogen and oxygen atoms in total. The number of anilines is 1. The van der Waals surface area contributed by atoms with Crippen LogP contribution < -0.4 is 15.4 Å². The van der Waals surface area contributed by atoms with Crippen molar-refractivity contribution in [2.45, 2.75) is 25.8 Å². The van der Waals surface area contributed by atoms with E-state index in [-0.39, 0.29) is 17.9 Å². The van der Waals surface area contributed by atoms with E-state index in [1.807, 2.05) is 31.2 Å². The number of benzene rings is 2. The van der Waals surface area contributed by atoms with Crippen LogP contribution in [0, 0.1) is 0 Å². The van der Waals surface area contributed by atoms with Crippen LogP contribution in [0.1, 0.15) is 35.7 Å². The molecule has 3 rings (SSSR count). The number of nitrogens with one attached hydrogen (secondary N) is 2. The first kappa shape index (κ1) is 17.7. The highest BCUT2D eigenvalue weighted by molar-refractivity contribution is 6.07. The minimum Gasteiger partial charge on any atom is -0.494 e. The monoisotopic (exact) mass is 350 g/mol. The van der Waals surface area contributed by atoms with Crippen molar-refractivity contribution in [3.63, 3.8) is 0 Å². The lowest BCUT2D eigenvalue weighted by molar-refractivity contribution is -0.111. The average molecular weight is 350 g/mol. The van der Waals surface area contributed by atoms with Gasteiger partial charge in [-0.15, -0.1) is 0 Å². The van der Waals surface area contributed by atoms with E-state index < -0.39 is 0 Å². The minimum absolute atomic E-state index is 0.154. The summed E-state index contributed by atoms with van der Waals surface area (Å²) < 4.78 is 5.39. The summed E-state index contributed by atoms with van der Waals surface area (Å²) in [5.74, 6) is 0.356. The van der Waals surface area contributed by atoms with Crippen molar-refractivity contribution in [2.24, 2.45) is 0 Å². The van der Waals surface area contributed by atoms with Crippen molar-refractivity contribution in [3.05, 3.63) is 65.7 Å². The Balaban J connectivity index is 1.63. The Bertz CT molecular complexity index is 808. The molecule has 0 bridgehead atoms. The third kappa shape index (κ3) is 4.96. The topological polar surface area (TPSA) is 67.4 Å². The fourth-order valence-electron chi connectivity index (χ4n) is 2.47. The molecule has 2 aromatic carbocycles. The molecule has 2 aromatic rings. The Morgan fingerprint density at radius 2 is 1.85 bits per heavy atom. The zero-order valence-electron chi connectivity index (χ0n) is 14.7. The lowest BCUT2D eigenvalue weighted by Gasteiger charge is -2.10. The summed E-state index contributed by atoms with van der Waals surface area (Å²) >= 11 is 0. The van der Waals surface area contributed by atoms with Crippen LogP contribution >= 0.6 is 0 Å². The van der Waals surface area contributed by atoms with Crippen LogP contribution in [0.2, 0.25) is 0 Å². The van der Waals surface area contributed by atoms with Gasteiger partial charge >= 0.3 is 0 Å². The van der Waals surface area contributed by atoms with Crippen LogP contribution in [0.5, 0.6) is 5.75 Å². The van der Waals surface area contributed by atoms with Gasteiger partial charge in [-0.05, 0) is 55.7 Å². The third-order valence-electron chi connectivity index (χ3n) is 3.96. The van der Waals surface area contributed by atoms with E-state index in [2.05, 4.69) is 10.6 Å². The molecule has 0 unspecified atom stereocenters. The van der Waals surface area contributed by atoms with E-state index >= 15 is 0 Å². The highest BCUT2D eigenvalue weighted by atomic mass is 16.5. The summed E-state index contributed by atoms with van der Waals surface area (Å²) in [6.07, 6.45) is 5.21. The Labute approximate surface area is 153 Å². The zero-order chi connectivity index (χ0) is 18.4. The molecule has 5 heteroatoms. The first-order valence-electron chi connectivity index (χ1n) is 8.77. The molecule has 0 saturated heterocycles. The number of hydrogen-bond donors (Lipinski definition) is 2. The Hall–Kier alpha value is -3.08. The van der Waals surface area contributed by atoms with Gasteiger partial charge in [-0.1, -0.05) is 24.3 Å². The van der Waals surface area contributed by atoms with Crippen LogP contribution in [0.4, 0.5) is 5.69 Å². The first-order chi connectivity index (χ1) is 12.7. The lowest BCUT2D eigenvalue weighted by atomic mass is 10.1. The number of para-hydroxylation sites is 1. The largest absolute Gasteiger partial charge is 0.494 e. The summed E-state index contributed by atoms with van der Waals surface area (Å²) in [5, 5.41) is 5.71. The van der Waals surface area contributed by atoms with Crippen molar-refractivity contribution in [3.8, 4) is 5.75 Å². The van der Waals surface area contributed by atoms with Crippen LogP contribution in [-0.4, -0.2) is 24.5 Å². The van der Waals surface area contributed by atoms with E-state index in [0.29, 0.717) is 17.9 Å². The maximum Gasteiger partial charge on any atom is 0.253 e. The number of carbonyl (C=O) groups excluding carboxylic acids is 2. The van der Waals surface area contributed by atoms with Gasteiger partial charge in [-0.3, -0.25) is 9.59 Å². The zero-order valence-corrected chi connectivity index (χ0v) is 14.7. The molecular formula is C21H22N2O3. The molecule has 1 aliphatic rings. The fourth-order valence-corrected chi connectivity index (χ4v) is 2.47. The van der Waals surface area contributed by atoms with E-state index in [4.69, 9.17) is 4.74 Å². The van der Waals surface area contributed by atoms with Crippen molar-refractivity contribution < 1.29 is 14.3 Å². The van der Waals surface area contributed by atoms with Gasteiger partial charge in [-0.2, -0.15) is 0 Å². The molecule has 2 N–H and O–H groups in total. The number of amides is 2. The molecule has 2 amide bonds. The molecule has 26 heavy (non-hydrogen) atoms. The molecular weight excluding hydrogens is 328 g/mol. The Morgan fingerprint density at radius 3 is 2.54 bits per heavy atom. The molecule has 0 aliphatic heterocycles. The summed E-state index contributed by atoms with van der Waals surface area (Å²) in [6, 6.07) is 14.8. The second kappa shape index (κ2) is 8.34. The van der Waals surface area contributed by atoms with Crippen LogP contribution in [0.3, 0.4) is 0 Å². The summed E-state index contributed by atoms with van der Waals surface area (Å²) in [4.78, 5) is 24.5.